The highest BCUT2D eigenvalue weighted by Crippen LogP contribution is 2.17. The number of carbonyl (C=O) groups excluding carboxylic acids is 1. The van der Waals surface area contributed by atoms with Gasteiger partial charge in [0.2, 0.25) is 0 Å². The van der Waals surface area contributed by atoms with Crippen LogP contribution in [0.4, 0.5) is 0 Å². The van der Waals surface area contributed by atoms with E-state index in [1.165, 1.54) is 6.26 Å². The van der Waals surface area contributed by atoms with E-state index in [2.05, 4.69) is 27.6 Å². The SMILES string of the molecule is C=C(NNC(=O)c1cc(-c2ccco2)[nH]n1)c1ccco1. The van der Waals surface area contributed by atoms with Gasteiger partial charge >= 0.3 is 0 Å². The fraction of sp³-hybridized carbons (Fsp3) is 0. The molecule has 0 atom stereocenters. The van der Waals surface area contributed by atoms with Gasteiger partial charge in [0.15, 0.2) is 17.2 Å². The maximum Gasteiger partial charge on any atom is 0.290 e. The summed E-state index contributed by atoms with van der Waals surface area (Å²) >= 11 is 0. The first kappa shape index (κ1) is 12.8. The predicted molar refractivity (Wildman–Crippen MR) is 74.6 cm³/mol. The van der Waals surface area contributed by atoms with Crippen LogP contribution in [0.3, 0.4) is 0 Å². The summed E-state index contributed by atoms with van der Waals surface area (Å²) in [5.74, 6) is 0.736. The Bertz CT molecular complexity index is 741. The van der Waals surface area contributed by atoms with Gasteiger partial charge in [0.25, 0.3) is 5.91 Å². The van der Waals surface area contributed by atoms with Gasteiger partial charge in [-0.05, 0) is 24.3 Å². The van der Waals surface area contributed by atoms with Crippen LogP contribution in [0.2, 0.25) is 0 Å². The number of nitrogens with one attached hydrogen (secondary N) is 3. The summed E-state index contributed by atoms with van der Waals surface area (Å²) in [5, 5.41) is 6.65. The zero-order valence-electron chi connectivity index (χ0n) is 10.9. The van der Waals surface area contributed by atoms with Crippen LogP contribution in [0.1, 0.15) is 16.2 Å². The monoisotopic (exact) mass is 284 g/mol. The van der Waals surface area contributed by atoms with Crippen LogP contribution in [0.5, 0.6) is 0 Å². The molecule has 0 bridgehead atoms. The summed E-state index contributed by atoms with van der Waals surface area (Å²) in [6.07, 6.45) is 3.07. The van der Waals surface area contributed by atoms with E-state index < -0.39 is 5.91 Å². The largest absolute Gasteiger partial charge is 0.463 e. The molecule has 0 aliphatic carbocycles. The van der Waals surface area contributed by atoms with Crippen molar-refractivity contribution in [3.05, 3.63) is 60.9 Å². The minimum atomic E-state index is -0.406. The second kappa shape index (κ2) is 5.41. The van der Waals surface area contributed by atoms with Gasteiger partial charge in [-0.3, -0.25) is 20.7 Å². The number of amides is 1. The van der Waals surface area contributed by atoms with E-state index in [4.69, 9.17) is 8.83 Å². The molecule has 7 heteroatoms. The third kappa shape index (κ3) is 2.71. The highest BCUT2D eigenvalue weighted by Gasteiger charge is 2.13. The molecule has 3 aromatic rings. The van der Waals surface area contributed by atoms with Crippen LogP contribution >= 0.6 is 0 Å². The molecule has 7 nitrogen and oxygen atoms in total. The number of carbonyl (C=O) groups is 1. The lowest BCUT2D eigenvalue weighted by atomic mass is 10.3. The number of aromatic amines is 1. The number of rotatable bonds is 5. The fourth-order valence-corrected chi connectivity index (χ4v) is 1.70. The Labute approximate surface area is 119 Å². The number of nitrogens with zero attached hydrogens (tertiary/aromatic N) is 1. The highest BCUT2D eigenvalue weighted by molar-refractivity contribution is 5.93. The molecule has 0 spiro atoms. The van der Waals surface area contributed by atoms with Crippen molar-refractivity contribution < 1.29 is 13.6 Å². The Morgan fingerprint density at radius 1 is 1.19 bits per heavy atom. The van der Waals surface area contributed by atoms with E-state index in [0.717, 1.165) is 0 Å². The Balaban J connectivity index is 1.62. The van der Waals surface area contributed by atoms with E-state index in [1.807, 2.05) is 0 Å². The second-order valence-electron chi connectivity index (χ2n) is 4.18. The van der Waals surface area contributed by atoms with Crippen molar-refractivity contribution in [1.29, 1.82) is 0 Å². The van der Waals surface area contributed by atoms with Crippen molar-refractivity contribution >= 4 is 11.6 Å². The maximum absolute atomic E-state index is 11.9. The van der Waals surface area contributed by atoms with Crippen LogP contribution in [-0.2, 0) is 0 Å². The molecular formula is C14H12N4O3. The summed E-state index contributed by atoms with van der Waals surface area (Å²) in [6.45, 7) is 3.75. The molecule has 3 rings (SSSR count). The molecule has 0 saturated heterocycles. The molecule has 0 aromatic carbocycles. The topological polar surface area (TPSA) is 96.1 Å². The van der Waals surface area contributed by atoms with E-state index in [9.17, 15) is 4.79 Å². The Hall–Kier alpha value is -3.22. The van der Waals surface area contributed by atoms with E-state index in [-0.39, 0.29) is 5.69 Å². The molecule has 0 fully saturated rings. The number of aromatic nitrogens is 2. The molecule has 0 aliphatic rings. The van der Waals surface area contributed by atoms with Gasteiger partial charge in [-0.15, -0.1) is 0 Å². The molecule has 106 valence electrons. The maximum atomic E-state index is 11.9. The Kier molecular flexibility index (Phi) is 3.30. The molecule has 0 aliphatic heterocycles. The van der Waals surface area contributed by atoms with Gasteiger partial charge < -0.3 is 8.83 Å². The number of hydrogen-bond donors (Lipinski definition) is 3. The summed E-state index contributed by atoms with van der Waals surface area (Å²) < 4.78 is 10.4. The number of H-pyrrole nitrogens is 1. The average molecular weight is 284 g/mol. The summed E-state index contributed by atoms with van der Waals surface area (Å²) in [5.41, 5.74) is 6.43. The number of hydrogen-bond acceptors (Lipinski definition) is 5. The minimum absolute atomic E-state index is 0.223. The predicted octanol–water partition coefficient (Wildman–Crippen LogP) is 2.17. The molecule has 0 saturated carbocycles. The third-order valence-corrected chi connectivity index (χ3v) is 2.74. The summed E-state index contributed by atoms with van der Waals surface area (Å²) in [4.78, 5) is 11.9. The first-order valence-electron chi connectivity index (χ1n) is 6.12. The molecule has 21 heavy (non-hydrogen) atoms. The van der Waals surface area contributed by atoms with Crippen LogP contribution in [-0.4, -0.2) is 16.1 Å². The second-order valence-corrected chi connectivity index (χ2v) is 4.18. The molecule has 3 heterocycles. The lowest BCUT2D eigenvalue weighted by Crippen LogP contribution is -2.35. The summed E-state index contributed by atoms with van der Waals surface area (Å²) in [7, 11) is 0. The average Bonchev–Trinajstić information content (AvgIpc) is 3.25. The fourth-order valence-electron chi connectivity index (χ4n) is 1.70. The van der Waals surface area contributed by atoms with E-state index >= 15 is 0 Å². The van der Waals surface area contributed by atoms with Gasteiger partial charge in [-0.2, -0.15) is 5.10 Å². The zero-order chi connectivity index (χ0) is 14.7. The summed E-state index contributed by atoms with van der Waals surface area (Å²) in [6, 6.07) is 8.57. The lowest BCUT2D eigenvalue weighted by molar-refractivity contribution is 0.0937. The lowest BCUT2D eigenvalue weighted by Gasteiger charge is -2.07. The Morgan fingerprint density at radius 2 is 2.00 bits per heavy atom. The van der Waals surface area contributed by atoms with Crippen LogP contribution in [0.15, 0.2) is 58.3 Å². The third-order valence-electron chi connectivity index (χ3n) is 2.74. The molecule has 0 radical (unpaired) electrons. The van der Waals surface area contributed by atoms with Crippen LogP contribution in [0.25, 0.3) is 17.2 Å². The quantitative estimate of drug-likeness (QED) is 0.624. The highest BCUT2D eigenvalue weighted by atomic mass is 16.3. The van der Waals surface area contributed by atoms with Gasteiger partial charge in [-0.1, -0.05) is 6.58 Å². The van der Waals surface area contributed by atoms with E-state index in [1.54, 1.807) is 36.6 Å². The van der Waals surface area contributed by atoms with Gasteiger partial charge in [0.1, 0.15) is 5.69 Å². The Morgan fingerprint density at radius 3 is 2.71 bits per heavy atom. The molecule has 1 amide bonds. The van der Waals surface area contributed by atoms with Gasteiger partial charge in [0, 0.05) is 6.07 Å². The normalized spacial score (nSPS) is 10.3. The first-order chi connectivity index (χ1) is 10.2. The minimum Gasteiger partial charge on any atom is -0.463 e. The number of hydrazine groups is 1. The zero-order valence-corrected chi connectivity index (χ0v) is 10.9. The van der Waals surface area contributed by atoms with Crippen LogP contribution < -0.4 is 10.9 Å². The van der Waals surface area contributed by atoms with Crippen molar-refractivity contribution in [2.75, 3.05) is 0 Å². The van der Waals surface area contributed by atoms with E-state index in [0.29, 0.717) is 22.9 Å². The first-order valence-corrected chi connectivity index (χ1v) is 6.12. The molecule has 3 aromatic heterocycles. The van der Waals surface area contributed by atoms with Crippen LogP contribution in [0, 0.1) is 0 Å². The van der Waals surface area contributed by atoms with Gasteiger partial charge in [-0.25, -0.2) is 0 Å². The van der Waals surface area contributed by atoms with Crippen molar-refractivity contribution in [1.82, 2.24) is 21.0 Å². The van der Waals surface area contributed by atoms with Gasteiger partial charge in [0.05, 0.1) is 18.2 Å². The smallest absolute Gasteiger partial charge is 0.290 e. The molecule has 3 N–H and O–H groups in total. The van der Waals surface area contributed by atoms with Crippen molar-refractivity contribution in [2.24, 2.45) is 0 Å². The number of furan rings is 2. The van der Waals surface area contributed by atoms with Crippen molar-refractivity contribution in [2.45, 2.75) is 0 Å². The van der Waals surface area contributed by atoms with Crippen molar-refractivity contribution in [3.63, 3.8) is 0 Å². The standard InChI is InChI=1S/C14H12N4O3/c1-9(12-4-2-6-20-12)15-18-14(19)11-8-10(16-17-11)13-5-3-7-21-13/h2-8,15H,1H2,(H,16,17)(H,18,19). The molecule has 0 unspecified atom stereocenters. The van der Waals surface area contributed by atoms with Crippen molar-refractivity contribution in [3.8, 4) is 11.5 Å². The molecular weight excluding hydrogens is 272 g/mol.